The van der Waals surface area contributed by atoms with Gasteiger partial charge < -0.3 is 0 Å². The Morgan fingerprint density at radius 2 is 0.962 bits per heavy atom. The van der Waals surface area contributed by atoms with Crippen molar-refractivity contribution in [2.24, 2.45) is 0 Å². The Balaban J connectivity index is 0. The third kappa shape index (κ3) is 5.59. The van der Waals surface area contributed by atoms with Gasteiger partial charge in [0, 0.05) is 0 Å². The van der Waals surface area contributed by atoms with Crippen molar-refractivity contribution in [2.75, 3.05) is 0 Å². The zero-order valence-electron chi connectivity index (χ0n) is 17.1. The molecule has 0 aliphatic rings. The molecule has 0 aliphatic heterocycles. The predicted octanol–water partition coefficient (Wildman–Crippen LogP) is 9.38. The van der Waals surface area contributed by atoms with Gasteiger partial charge in [-0.05, 0) is 39.6 Å². The molecular weight excluding hydrogens is 312 g/mol. The molecule has 0 nitrogen and oxygen atoms in total. The van der Waals surface area contributed by atoms with E-state index < -0.39 is 0 Å². The lowest BCUT2D eigenvalue weighted by atomic mass is 9.91. The summed E-state index contributed by atoms with van der Waals surface area (Å²) in [5, 5.41) is 5.15. The van der Waals surface area contributed by atoms with Crippen molar-refractivity contribution in [2.45, 2.75) is 55.9 Å². The Morgan fingerprint density at radius 1 is 0.615 bits per heavy atom. The van der Waals surface area contributed by atoms with Crippen molar-refractivity contribution in [1.82, 2.24) is 0 Å². The molecule has 0 saturated heterocycles. The normalized spacial score (nSPS) is 9.04. The van der Waals surface area contributed by atoms with Crippen molar-refractivity contribution >= 4 is 33.7 Å². The highest BCUT2D eigenvalue weighted by molar-refractivity contribution is 6.14. The SMILES string of the molecule is C.C=Cc1c(/C=C\C)c2ccccc2c2ccccc12.CC.CC.CC. The van der Waals surface area contributed by atoms with E-state index in [0.29, 0.717) is 0 Å². The first-order valence-corrected chi connectivity index (χ1v) is 9.55. The van der Waals surface area contributed by atoms with Crippen LogP contribution in [0.3, 0.4) is 0 Å². The first-order chi connectivity index (χ1) is 12.4. The highest BCUT2D eigenvalue weighted by Crippen LogP contribution is 2.34. The number of allylic oxidation sites excluding steroid dienone is 1. The monoisotopic (exact) mass is 350 g/mol. The van der Waals surface area contributed by atoms with E-state index in [9.17, 15) is 0 Å². The molecule has 0 fully saturated rings. The minimum atomic E-state index is 0. The lowest BCUT2D eigenvalue weighted by molar-refractivity contribution is 1.50. The van der Waals surface area contributed by atoms with Gasteiger partial charge in [-0.1, -0.05) is 122 Å². The van der Waals surface area contributed by atoms with E-state index in [0.717, 1.165) is 0 Å². The molecule has 0 N–H and O–H groups in total. The minimum absolute atomic E-state index is 0. The number of rotatable bonds is 2. The van der Waals surface area contributed by atoms with Gasteiger partial charge in [-0.3, -0.25) is 0 Å². The first kappa shape index (κ1) is 25.9. The van der Waals surface area contributed by atoms with Gasteiger partial charge in [0.1, 0.15) is 0 Å². The van der Waals surface area contributed by atoms with Crippen molar-refractivity contribution in [3.63, 3.8) is 0 Å². The second-order valence-electron chi connectivity index (χ2n) is 4.62. The molecule has 0 atom stereocenters. The molecule has 0 unspecified atom stereocenters. The Morgan fingerprint density at radius 3 is 1.31 bits per heavy atom. The molecule has 0 heteroatoms. The lowest BCUT2D eigenvalue weighted by Crippen LogP contribution is -1.88. The molecule has 3 aromatic carbocycles. The summed E-state index contributed by atoms with van der Waals surface area (Å²) < 4.78 is 0. The van der Waals surface area contributed by atoms with Gasteiger partial charge in [-0.25, -0.2) is 0 Å². The van der Waals surface area contributed by atoms with Crippen LogP contribution in [-0.2, 0) is 0 Å². The molecule has 0 bridgehead atoms. The van der Waals surface area contributed by atoms with Gasteiger partial charge in [-0.2, -0.15) is 0 Å². The Kier molecular flexibility index (Phi) is 14.9. The van der Waals surface area contributed by atoms with Gasteiger partial charge in [0.05, 0.1) is 0 Å². The maximum atomic E-state index is 4.00. The average molecular weight is 351 g/mol. The molecule has 0 amide bonds. The average Bonchev–Trinajstić information content (AvgIpc) is 2.73. The van der Waals surface area contributed by atoms with E-state index in [4.69, 9.17) is 0 Å². The molecule has 0 aromatic heterocycles. The number of fused-ring (bicyclic) bond motifs is 3. The maximum absolute atomic E-state index is 4.00. The van der Waals surface area contributed by atoms with E-state index in [1.807, 2.05) is 47.6 Å². The Bertz CT molecular complexity index is 792. The maximum Gasteiger partial charge on any atom is -0.00990 e. The number of benzene rings is 3. The van der Waals surface area contributed by atoms with E-state index in [1.54, 1.807) is 0 Å². The van der Waals surface area contributed by atoms with Crippen LogP contribution in [0.1, 0.15) is 67.0 Å². The van der Waals surface area contributed by atoms with Crippen LogP contribution in [0, 0.1) is 0 Å². The minimum Gasteiger partial charge on any atom is -0.0984 e. The highest BCUT2D eigenvalue weighted by Gasteiger charge is 2.09. The molecule has 0 aliphatic carbocycles. The molecule has 142 valence electrons. The molecule has 0 radical (unpaired) electrons. The van der Waals surface area contributed by atoms with Crippen LogP contribution in [0.15, 0.2) is 61.2 Å². The second-order valence-corrected chi connectivity index (χ2v) is 4.62. The summed E-state index contributed by atoms with van der Waals surface area (Å²) in [5.74, 6) is 0. The van der Waals surface area contributed by atoms with Gasteiger partial charge in [0.25, 0.3) is 0 Å². The van der Waals surface area contributed by atoms with Crippen LogP contribution in [0.2, 0.25) is 0 Å². The van der Waals surface area contributed by atoms with Gasteiger partial charge in [0.2, 0.25) is 0 Å². The van der Waals surface area contributed by atoms with Crippen LogP contribution in [0.4, 0.5) is 0 Å². The van der Waals surface area contributed by atoms with E-state index in [2.05, 4.69) is 74.2 Å². The summed E-state index contributed by atoms with van der Waals surface area (Å²) in [4.78, 5) is 0. The fourth-order valence-corrected chi connectivity index (χ4v) is 2.76. The van der Waals surface area contributed by atoms with Crippen LogP contribution >= 0.6 is 0 Å². The standard InChI is InChI=1S/C19H16.3C2H6.CH4/c1-3-9-15-14(4-2)16-10-5-6-12-18(16)19-13-8-7-11-17(15)19;3*1-2;/h3-13H,2H2,1H3;3*1-2H3;1H4/b9-3-;;;;. The summed E-state index contributed by atoms with van der Waals surface area (Å²) in [5.41, 5.74) is 2.47. The molecule has 0 heterocycles. The van der Waals surface area contributed by atoms with E-state index in [-0.39, 0.29) is 7.43 Å². The summed E-state index contributed by atoms with van der Waals surface area (Å²) in [6.07, 6.45) is 6.22. The largest absolute Gasteiger partial charge is 0.0984 e. The lowest BCUT2D eigenvalue weighted by Gasteiger charge is -2.12. The third-order valence-corrected chi connectivity index (χ3v) is 3.55. The molecule has 0 saturated carbocycles. The summed E-state index contributed by atoms with van der Waals surface area (Å²) in [7, 11) is 0. The Labute approximate surface area is 162 Å². The molecule has 26 heavy (non-hydrogen) atoms. The van der Waals surface area contributed by atoms with Gasteiger partial charge in [-0.15, -0.1) is 0 Å². The van der Waals surface area contributed by atoms with Crippen LogP contribution < -0.4 is 0 Å². The second kappa shape index (κ2) is 15.0. The highest BCUT2D eigenvalue weighted by atomic mass is 14.1. The van der Waals surface area contributed by atoms with Crippen molar-refractivity contribution in [1.29, 1.82) is 0 Å². The van der Waals surface area contributed by atoms with Gasteiger partial charge in [0.15, 0.2) is 0 Å². The molecular formula is C26H38. The van der Waals surface area contributed by atoms with Crippen molar-refractivity contribution in [3.8, 4) is 0 Å². The van der Waals surface area contributed by atoms with Crippen LogP contribution in [-0.4, -0.2) is 0 Å². The Hall–Kier alpha value is -2.34. The predicted molar refractivity (Wildman–Crippen MR) is 127 cm³/mol. The fourth-order valence-electron chi connectivity index (χ4n) is 2.76. The molecule has 3 rings (SSSR count). The summed E-state index contributed by atoms with van der Waals surface area (Å²) in [6.45, 7) is 18.0. The smallest absolute Gasteiger partial charge is 0.00990 e. The van der Waals surface area contributed by atoms with Gasteiger partial charge >= 0.3 is 0 Å². The van der Waals surface area contributed by atoms with Crippen LogP contribution in [0.25, 0.3) is 33.7 Å². The van der Waals surface area contributed by atoms with Crippen molar-refractivity contribution in [3.05, 3.63) is 72.3 Å². The van der Waals surface area contributed by atoms with E-state index >= 15 is 0 Å². The summed E-state index contributed by atoms with van der Waals surface area (Å²) in [6, 6.07) is 17.1. The number of hydrogen-bond donors (Lipinski definition) is 0. The molecule has 3 aromatic rings. The topological polar surface area (TPSA) is 0 Å². The molecule has 0 spiro atoms. The zero-order valence-corrected chi connectivity index (χ0v) is 17.1. The van der Waals surface area contributed by atoms with Crippen molar-refractivity contribution < 1.29 is 0 Å². The number of hydrogen-bond acceptors (Lipinski definition) is 0. The first-order valence-electron chi connectivity index (χ1n) is 9.55. The van der Waals surface area contributed by atoms with E-state index in [1.165, 1.54) is 32.7 Å². The zero-order chi connectivity index (χ0) is 19.2. The summed E-state index contributed by atoms with van der Waals surface area (Å²) >= 11 is 0. The van der Waals surface area contributed by atoms with Crippen LogP contribution in [0.5, 0.6) is 0 Å². The fraction of sp³-hybridized carbons (Fsp3) is 0.308. The third-order valence-electron chi connectivity index (χ3n) is 3.55. The quantitative estimate of drug-likeness (QED) is 0.404.